The molecule has 96 valence electrons. The molecule has 1 heterocycles. The summed E-state index contributed by atoms with van der Waals surface area (Å²) in [4.78, 5) is 0. The van der Waals surface area contributed by atoms with Crippen LogP contribution in [0.1, 0.15) is 0 Å². The SMILES string of the molecule is Fc1ccccc1-c1ccc2oc3ccccc3c2c1. The molecule has 0 aliphatic rings. The first-order chi connectivity index (χ1) is 9.83. The van der Waals surface area contributed by atoms with Gasteiger partial charge in [-0.3, -0.25) is 0 Å². The molecular weight excluding hydrogens is 251 g/mol. The lowest BCUT2D eigenvalue weighted by molar-refractivity contribution is 0.631. The van der Waals surface area contributed by atoms with Crippen LogP contribution in [0.5, 0.6) is 0 Å². The number of fused-ring (bicyclic) bond motifs is 3. The summed E-state index contributed by atoms with van der Waals surface area (Å²) in [6, 6.07) is 20.5. The first kappa shape index (κ1) is 11.2. The monoisotopic (exact) mass is 262 g/mol. The largest absolute Gasteiger partial charge is 0.456 e. The van der Waals surface area contributed by atoms with Crippen molar-refractivity contribution in [2.45, 2.75) is 0 Å². The maximum absolute atomic E-state index is 13.9. The van der Waals surface area contributed by atoms with E-state index in [-0.39, 0.29) is 5.82 Å². The second-order valence-electron chi connectivity index (χ2n) is 4.79. The molecular formula is C18H11FO. The third-order valence-corrected chi connectivity index (χ3v) is 3.56. The molecule has 4 aromatic rings. The van der Waals surface area contributed by atoms with E-state index in [1.807, 2.05) is 48.5 Å². The Hall–Kier alpha value is -2.61. The summed E-state index contributed by atoms with van der Waals surface area (Å²) >= 11 is 0. The number of furan rings is 1. The van der Waals surface area contributed by atoms with E-state index in [1.165, 1.54) is 6.07 Å². The molecule has 0 atom stereocenters. The van der Waals surface area contributed by atoms with Gasteiger partial charge in [0.05, 0.1) is 0 Å². The smallest absolute Gasteiger partial charge is 0.135 e. The molecule has 1 aromatic heterocycles. The number of rotatable bonds is 1. The van der Waals surface area contributed by atoms with Gasteiger partial charge >= 0.3 is 0 Å². The predicted octanol–water partition coefficient (Wildman–Crippen LogP) is 5.39. The summed E-state index contributed by atoms with van der Waals surface area (Å²) in [5.41, 5.74) is 3.15. The lowest BCUT2D eigenvalue weighted by atomic mass is 10.0. The summed E-state index contributed by atoms with van der Waals surface area (Å²) in [5.74, 6) is -0.209. The van der Waals surface area contributed by atoms with Gasteiger partial charge in [-0.1, -0.05) is 42.5 Å². The Morgan fingerprint density at radius 1 is 0.700 bits per heavy atom. The molecule has 0 aliphatic carbocycles. The summed E-state index contributed by atoms with van der Waals surface area (Å²) < 4.78 is 19.7. The molecule has 0 amide bonds. The van der Waals surface area contributed by atoms with Crippen LogP contribution in [0.25, 0.3) is 33.1 Å². The molecule has 0 radical (unpaired) electrons. The van der Waals surface area contributed by atoms with Gasteiger partial charge in [0.2, 0.25) is 0 Å². The first-order valence-corrected chi connectivity index (χ1v) is 6.49. The maximum Gasteiger partial charge on any atom is 0.135 e. The third-order valence-electron chi connectivity index (χ3n) is 3.56. The molecule has 0 unspecified atom stereocenters. The molecule has 2 heteroatoms. The van der Waals surface area contributed by atoms with Crippen molar-refractivity contribution >= 4 is 21.9 Å². The Labute approximate surface area is 115 Å². The average Bonchev–Trinajstić information content (AvgIpc) is 2.85. The normalized spacial score (nSPS) is 11.2. The first-order valence-electron chi connectivity index (χ1n) is 6.49. The van der Waals surface area contributed by atoms with E-state index in [9.17, 15) is 4.39 Å². The van der Waals surface area contributed by atoms with E-state index in [4.69, 9.17) is 4.42 Å². The van der Waals surface area contributed by atoms with Gasteiger partial charge in [0.25, 0.3) is 0 Å². The van der Waals surface area contributed by atoms with Gasteiger partial charge in [0, 0.05) is 16.3 Å². The van der Waals surface area contributed by atoms with Gasteiger partial charge in [0.15, 0.2) is 0 Å². The van der Waals surface area contributed by atoms with Crippen LogP contribution in [0, 0.1) is 5.82 Å². The molecule has 1 nitrogen and oxygen atoms in total. The molecule has 0 fully saturated rings. The summed E-state index contributed by atoms with van der Waals surface area (Å²) in [6.07, 6.45) is 0. The Bertz CT molecular complexity index is 921. The van der Waals surface area contributed by atoms with Crippen molar-refractivity contribution in [2.24, 2.45) is 0 Å². The van der Waals surface area contributed by atoms with Gasteiger partial charge in [0.1, 0.15) is 17.0 Å². The zero-order valence-corrected chi connectivity index (χ0v) is 10.6. The highest BCUT2D eigenvalue weighted by Gasteiger charge is 2.09. The minimum absolute atomic E-state index is 0.209. The van der Waals surface area contributed by atoms with Crippen molar-refractivity contribution in [3.63, 3.8) is 0 Å². The molecule has 4 rings (SSSR count). The Morgan fingerprint density at radius 2 is 1.45 bits per heavy atom. The van der Waals surface area contributed by atoms with E-state index in [0.717, 1.165) is 27.5 Å². The van der Waals surface area contributed by atoms with Crippen molar-refractivity contribution in [3.8, 4) is 11.1 Å². The number of hydrogen-bond acceptors (Lipinski definition) is 1. The average molecular weight is 262 g/mol. The number of halogens is 1. The lowest BCUT2D eigenvalue weighted by Gasteiger charge is -2.03. The van der Waals surface area contributed by atoms with Gasteiger partial charge in [-0.05, 0) is 29.8 Å². The molecule has 0 saturated carbocycles. The summed E-state index contributed by atoms with van der Waals surface area (Å²) in [7, 11) is 0. The maximum atomic E-state index is 13.9. The summed E-state index contributed by atoms with van der Waals surface area (Å²) in [6.45, 7) is 0. The molecule has 20 heavy (non-hydrogen) atoms. The van der Waals surface area contributed by atoms with E-state index in [2.05, 4.69) is 0 Å². The van der Waals surface area contributed by atoms with E-state index in [1.54, 1.807) is 12.1 Å². The van der Waals surface area contributed by atoms with Crippen molar-refractivity contribution in [1.29, 1.82) is 0 Å². The lowest BCUT2D eigenvalue weighted by Crippen LogP contribution is -1.82. The van der Waals surface area contributed by atoms with Crippen LogP contribution < -0.4 is 0 Å². The van der Waals surface area contributed by atoms with Crippen LogP contribution in [-0.4, -0.2) is 0 Å². The highest BCUT2D eigenvalue weighted by Crippen LogP contribution is 2.32. The molecule has 3 aromatic carbocycles. The van der Waals surface area contributed by atoms with Crippen molar-refractivity contribution < 1.29 is 8.81 Å². The highest BCUT2D eigenvalue weighted by atomic mass is 19.1. The zero-order valence-electron chi connectivity index (χ0n) is 10.6. The molecule has 0 bridgehead atoms. The van der Waals surface area contributed by atoms with Crippen LogP contribution in [-0.2, 0) is 0 Å². The minimum atomic E-state index is -0.209. The van der Waals surface area contributed by atoms with Gasteiger partial charge in [-0.2, -0.15) is 0 Å². The fourth-order valence-electron chi connectivity index (χ4n) is 2.59. The Kier molecular flexibility index (Phi) is 2.36. The zero-order chi connectivity index (χ0) is 13.5. The highest BCUT2D eigenvalue weighted by molar-refractivity contribution is 6.06. The fraction of sp³-hybridized carbons (Fsp3) is 0. The quantitative estimate of drug-likeness (QED) is 0.448. The number of para-hydroxylation sites is 1. The molecule has 0 spiro atoms. The molecule has 0 N–H and O–H groups in total. The van der Waals surface area contributed by atoms with Crippen LogP contribution in [0.15, 0.2) is 71.1 Å². The van der Waals surface area contributed by atoms with Crippen molar-refractivity contribution in [1.82, 2.24) is 0 Å². The number of benzene rings is 3. The molecule has 0 saturated heterocycles. The fourth-order valence-corrected chi connectivity index (χ4v) is 2.59. The van der Waals surface area contributed by atoms with Gasteiger partial charge < -0.3 is 4.42 Å². The van der Waals surface area contributed by atoms with Crippen molar-refractivity contribution in [2.75, 3.05) is 0 Å². The van der Waals surface area contributed by atoms with E-state index < -0.39 is 0 Å². The Balaban J connectivity index is 2.03. The minimum Gasteiger partial charge on any atom is -0.456 e. The van der Waals surface area contributed by atoms with Crippen molar-refractivity contribution in [3.05, 3.63) is 72.5 Å². The number of hydrogen-bond donors (Lipinski definition) is 0. The second kappa shape index (κ2) is 4.20. The van der Waals surface area contributed by atoms with Gasteiger partial charge in [-0.15, -0.1) is 0 Å². The topological polar surface area (TPSA) is 13.1 Å². The second-order valence-corrected chi connectivity index (χ2v) is 4.79. The van der Waals surface area contributed by atoms with Crippen LogP contribution >= 0.6 is 0 Å². The van der Waals surface area contributed by atoms with Gasteiger partial charge in [-0.25, -0.2) is 4.39 Å². The van der Waals surface area contributed by atoms with Crippen LogP contribution in [0.3, 0.4) is 0 Å². The molecule has 0 aliphatic heterocycles. The predicted molar refractivity (Wildman–Crippen MR) is 79.1 cm³/mol. The van der Waals surface area contributed by atoms with E-state index >= 15 is 0 Å². The third kappa shape index (κ3) is 1.62. The Morgan fingerprint density at radius 3 is 2.35 bits per heavy atom. The van der Waals surface area contributed by atoms with Crippen LogP contribution in [0.2, 0.25) is 0 Å². The van der Waals surface area contributed by atoms with Crippen LogP contribution in [0.4, 0.5) is 4.39 Å². The summed E-state index contributed by atoms with van der Waals surface area (Å²) in [5, 5.41) is 2.07. The standard InChI is InChI=1S/C18H11FO/c19-16-7-3-1-5-13(16)12-9-10-18-15(11-12)14-6-2-4-8-17(14)20-18/h1-11H. The van der Waals surface area contributed by atoms with E-state index in [0.29, 0.717) is 5.56 Å².